The number of amides is 2. The highest BCUT2D eigenvalue weighted by molar-refractivity contribution is 6.42. The van der Waals surface area contributed by atoms with Crippen molar-refractivity contribution in [3.63, 3.8) is 0 Å². The van der Waals surface area contributed by atoms with Gasteiger partial charge in [0, 0.05) is 12.1 Å². The average Bonchev–Trinajstić information content (AvgIpc) is 3.32. The first-order chi connectivity index (χ1) is 16.3. The molecular formula is C23H15Cl2N3O6. The Morgan fingerprint density at radius 3 is 2.32 bits per heavy atom. The fourth-order valence-electron chi connectivity index (χ4n) is 4.27. The van der Waals surface area contributed by atoms with Gasteiger partial charge in [0.15, 0.2) is 6.10 Å². The third-order valence-electron chi connectivity index (χ3n) is 5.81. The van der Waals surface area contributed by atoms with E-state index in [2.05, 4.69) is 0 Å². The number of imide groups is 1. The zero-order chi connectivity index (χ0) is 24.1. The van der Waals surface area contributed by atoms with Crippen LogP contribution in [-0.2, 0) is 14.4 Å². The van der Waals surface area contributed by atoms with E-state index in [-0.39, 0.29) is 27.2 Å². The Morgan fingerprint density at radius 1 is 0.912 bits per heavy atom. The number of nitro benzene ring substituents is 1. The second-order valence-corrected chi connectivity index (χ2v) is 8.62. The summed E-state index contributed by atoms with van der Waals surface area (Å²) in [6, 6.07) is 15.5. The lowest BCUT2D eigenvalue weighted by Crippen LogP contribution is -2.37. The van der Waals surface area contributed by atoms with Crippen molar-refractivity contribution in [2.45, 2.75) is 12.1 Å². The number of aromatic hydroxyl groups is 1. The van der Waals surface area contributed by atoms with Crippen LogP contribution in [0.5, 0.6) is 5.75 Å². The quantitative estimate of drug-likeness (QED) is 0.315. The number of anilines is 2. The van der Waals surface area contributed by atoms with Crippen molar-refractivity contribution in [1.82, 2.24) is 0 Å². The Morgan fingerprint density at radius 2 is 1.65 bits per heavy atom. The Labute approximate surface area is 202 Å². The zero-order valence-electron chi connectivity index (χ0n) is 17.2. The largest absolute Gasteiger partial charge is 0.508 e. The fraction of sp³-hybridized carbons (Fsp3) is 0.130. The molecule has 0 aromatic heterocycles. The number of phenolic OH excluding ortho intramolecular Hbond substituents is 1. The number of benzene rings is 3. The summed E-state index contributed by atoms with van der Waals surface area (Å²) in [7, 11) is 0. The van der Waals surface area contributed by atoms with Crippen LogP contribution in [0.2, 0.25) is 10.0 Å². The number of nitro groups is 1. The van der Waals surface area contributed by atoms with Gasteiger partial charge in [-0.05, 0) is 42.0 Å². The predicted octanol–water partition coefficient (Wildman–Crippen LogP) is 4.66. The topological polar surface area (TPSA) is 113 Å². The number of fused-ring (bicyclic) bond motifs is 1. The number of nitrogens with zero attached hydrogens (tertiary/aromatic N) is 3. The molecule has 0 bridgehead atoms. The summed E-state index contributed by atoms with van der Waals surface area (Å²) in [6.45, 7) is 0. The van der Waals surface area contributed by atoms with Gasteiger partial charge in [0.05, 0.1) is 32.4 Å². The summed E-state index contributed by atoms with van der Waals surface area (Å²) in [6.07, 6.45) is -1.17. The van der Waals surface area contributed by atoms with Crippen LogP contribution >= 0.6 is 23.2 Å². The molecule has 11 heteroatoms. The highest BCUT2D eigenvalue weighted by Gasteiger charge is 2.60. The lowest BCUT2D eigenvalue weighted by molar-refractivity contribution is -0.384. The Hall–Kier alpha value is -3.66. The molecule has 172 valence electrons. The van der Waals surface area contributed by atoms with E-state index in [1.165, 1.54) is 53.6 Å². The van der Waals surface area contributed by atoms with Crippen LogP contribution in [0, 0.1) is 16.0 Å². The molecule has 0 aliphatic carbocycles. The van der Waals surface area contributed by atoms with Gasteiger partial charge in [-0.2, -0.15) is 0 Å². The van der Waals surface area contributed by atoms with Gasteiger partial charge in [0.2, 0.25) is 5.91 Å². The molecule has 0 unspecified atom stereocenters. The Balaban J connectivity index is 1.59. The summed E-state index contributed by atoms with van der Waals surface area (Å²) < 4.78 is 0. The molecule has 2 amide bonds. The van der Waals surface area contributed by atoms with E-state index in [9.17, 15) is 24.8 Å². The maximum atomic E-state index is 13.6. The Kier molecular flexibility index (Phi) is 5.40. The molecule has 2 aliphatic heterocycles. The maximum absolute atomic E-state index is 13.6. The summed E-state index contributed by atoms with van der Waals surface area (Å²) in [4.78, 5) is 44.6. The third-order valence-corrected chi connectivity index (χ3v) is 6.55. The Bertz CT molecular complexity index is 1330. The number of hydroxylamine groups is 1. The number of hydrogen-bond acceptors (Lipinski definition) is 7. The van der Waals surface area contributed by atoms with Crippen molar-refractivity contribution in [2.75, 3.05) is 9.96 Å². The van der Waals surface area contributed by atoms with Crippen molar-refractivity contribution < 1.29 is 24.5 Å². The van der Waals surface area contributed by atoms with E-state index in [0.717, 1.165) is 4.90 Å². The lowest BCUT2D eigenvalue weighted by Gasteiger charge is -2.28. The molecule has 3 atom stereocenters. The van der Waals surface area contributed by atoms with Crippen LogP contribution in [0.15, 0.2) is 66.7 Å². The van der Waals surface area contributed by atoms with Crippen LogP contribution in [-0.4, -0.2) is 27.9 Å². The van der Waals surface area contributed by atoms with Gasteiger partial charge in [-0.1, -0.05) is 41.4 Å². The molecule has 5 rings (SSSR count). The molecule has 0 spiro atoms. The maximum Gasteiger partial charge on any atom is 0.271 e. The van der Waals surface area contributed by atoms with Gasteiger partial charge in [-0.15, -0.1) is 0 Å². The molecule has 9 nitrogen and oxygen atoms in total. The van der Waals surface area contributed by atoms with Crippen LogP contribution in [0.3, 0.4) is 0 Å². The average molecular weight is 500 g/mol. The molecule has 2 heterocycles. The first-order valence-electron chi connectivity index (χ1n) is 10.1. The van der Waals surface area contributed by atoms with Gasteiger partial charge in [0.1, 0.15) is 11.7 Å². The molecule has 34 heavy (non-hydrogen) atoms. The van der Waals surface area contributed by atoms with Gasteiger partial charge < -0.3 is 5.11 Å². The van der Waals surface area contributed by atoms with Gasteiger partial charge >= 0.3 is 0 Å². The molecule has 2 fully saturated rings. The molecule has 2 saturated heterocycles. The van der Waals surface area contributed by atoms with Crippen molar-refractivity contribution in [1.29, 1.82) is 0 Å². The van der Waals surface area contributed by atoms with E-state index in [1.807, 2.05) is 0 Å². The summed E-state index contributed by atoms with van der Waals surface area (Å²) in [5.74, 6) is -2.04. The second kappa shape index (κ2) is 8.28. The molecule has 3 aromatic rings. The normalized spacial score (nSPS) is 21.8. The number of phenols is 1. The SMILES string of the molecule is O=C1[C@@H]2[C@@H](c3ccc(O)cc3)N(c3cccc([N+](=O)[O-])c3)O[C@H]2C(=O)N1c1ccc(Cl)c(Cl)c1. The highest BCUT2D eigenvalue weighted by Crippen LogP contribution is 2.48. The van der Waals surface area contributed by atoms with Gasteiger partial charge in [0.25, 0.3) is 11.6 Å². The number of carbonyl (C=O) groups is 2. The summed E-state index contributed by atoms with van der Waals surface area (Å²) >= 11 is 12.1. The van der Waals surface area contributed by atoms with Gasteiger partial charge in [-0.3, -0.25) is 24.5 Å². The van der Waals surface area contributed by atoms with Crippen molar-refractivity contribution >= 4 is 52.1 Å². The molecule has 1 N–H and O–H groups in total. The van der Waals surface area contributed by atoms with Gasteiger partial charge in [-0.25, -0.2) is 9.96 Å². The van der Waals surface area contributed by atoms with E-state index < -0.39 is 34.8 Å². The standard InChI is InChI=1S/C23H15Cl2N3O6/c24-17-9-6-13(11-18(17)25)26-22(30)19-20(12-4-7-16(29)8-5-12)27(34-21(19)23(26)31)14-2-1-3-15(10-14)28(32)33/h1-11,19-21,29H/t19-,20-,21-/m1/s1. The molecule has 2 aliphatic rings. The van der Waals surface area contributed by atoms with E-state index in [4.69, 9.17) is 28.0 Å². The monoisotopic (exact) mass is 499 g/mol. The van der Waals surface area contributed by atoms with Crippen LogP contribution < -0.4 is 9.96 Å². The van der Waals surface area contributed by atoms with E-state index in [0.29, 0.717) is 11.3 Å². The number of halogens is 2. The van der Waals surface area contributed by atoms with E-state index >= 15 is 0 Å². The minimum atomic E-state index is -1.17. The van der Waals surface area contributed by atoms with Crippen molar-refractivity contribution in [3.8, 4) is 5.75 Å². The van der Waals surface area contributed by atoms with Crippen molar-refractivity contribution in [2.24, 2.45) is 5.92 Å². The fourth-order valence-corrected chi connectivity index (χ4v) is 4.56. The third kappa shape index (κ3) is 3.54. The molecule has 3 aromatic carbocycles. The van der Waals surface area contributed by atoms with Crippen LogP contribution in [0.1, 0.15) is 11.6 Å². The highest BCUT2D eigenvalue weighted by atomic mass is 35.5. The molecule has 0 radical (unpaired) electrons. The summed E-state index contributed by atoms with van der Waals surface area (Å²) in [5, 5.41) is 22.8. The number of rotatable bonds is 4. The first-order valence-corrected chi connectivity index (χ1v) is 10.8. The lowest BCUT2D eigenvalue weighted by atomic mass is 9.90. The zero-order valence-corrected chi connectivity index (χ0v) is 18.7. The number of non-ortho nitro benzene ring substituents is 1. The second-order valence-electron chi connectivity index (χ2n) is 7.80. The van der Waals surface area contributed by atoms with Crippen molar-refractivity contribution in [3.05, 3.63) is 92.5 Å². The number of carbonyl (C=O) groups excluding carboxylic acids is 2. The minimum absolute atomic E-state index is 0.0207. The molecule has 0 saturated carbocycles. The van der Waals surface area contributed by atoms with E-state index in [1.54, 1.807) is 18.2 Å². The van der Waals surface area contributed by atoms with Crippen LogP contribution in [0.4, 0.5) is 17.1 Å². The minimum Gasteiger partial charge on any atom is -0.508 e. The molecular weight excluding hydrogens is 485 g/mol. The van der Waals surface area contributed by atoms with Crippen LogP contribution in [0.25, 0.3) is 0 Å². The first kappa shape index (κ1) is 22.1. The number of hydrogen-bond donors (Lipinski definition) is 1. The summed E-state index contributed by atoms with van der Waals surface area (Å²) in [5.41, 5.74) is 0.976. The smallest absolute Gasteiger partial charge is 0.271 e. The predicted molar refractivity (Wildman–Crippen MR) is 124 cm³/mol.